The summed E-state index contributed by atoms with van der Waals surface area (Å²) in [6.45, 7) is 0. The molecule has 0 N–H and O–H groups in total. The first-order valence-corrected chi connectivity index (χ1v) is 19.3. The zero-order valence-corrected chi connectivity index (χ0v) is 30.9. The minimum absolute atomic E-state index is 0.614. The first-order chi connectivity index (χ1) is 28.2. The van der Waals surface area contributed by atoms with Gasteiger partial charge in [-0.2, -0.15) is 0 Å². The van der Waals surface area contributed by atoms with Crippen LogP contribution in [0.15, 0.2) is 206 Å². The highest BCUT2D eigenvalue weighted by molar-refractivity contribution is 6.10. The van der Waals surface area contributed by atoms with E-state index in [1.165, 1.54) is 27.3 Å². The van der Waals surface area contributed by atoms with Crippen LogP contribution in [0.4, 0.5) is 0 Å². The van der Waals surface area contributed by atoms with Crippen LogP contribution in [0.1, 0.15) is 0 Å². The van der Waals surface area contributed by atoms with E-state index in [1.54, 1.807) is 0 Å². The van der Waals surface area contributed by atoms with Crippen molar-refractivity contribution in [2.45, 2.75) is 0 Å². The number of aromatic nitrogens is 4. The summed E-state index contributed by atoms with van der Waals surface area (Å²) in [7, 11) is 0. The first kappa shape index (κ1) is 32.7. The van der Waals surface area contributed by atoms with Crippen molar-refractivity contribution in [3.05, 3.63) is 206 Å². The minimum atomic E-state index is 0.614. The van der Waals surface area contributed by atoms with E-state index in [-0.39, 0.29) is 0 Å². The standard InChI is InChI=1S/C53H34N4/c1-3-13-35(14-4-1)40-26-23-37-25-28-42(33-44(37)32-40)52-54-51(41-27-24-36-15-7-8-18-39(36)31-41)55-53(56-52)43-29-30-45(38-16-5-2-6-17-38)50(34-43)57-48-21-11-9-19-46(48)47-20-10-12-22-49(47)57/h1-34H. The number of benzene rings is 9. The topological polar surface area (TPSA) is 43.6 Å². The molecular weight excluding hydrogens is 693 g/mol. The van der Waals surface area contributed by atoms with Crippen LogP contribution in [0.25, 0.3) is 105 Å². The highest BCUT2D eigenvalue weighted by Gasteiger charge is 2.19. The highest BCUT2D eigenvalue weighted by Crippen LogP contribution is 2.38. The Balaban J connectivity index is 1.14. The maximum absolute atomic E-state index is 5.27. The van der Waals surface area contributed by atoms with Crippen molar-refractivity contribution in [2.24, 2.45) is 0 Å². The molecule has 0 aliphatic heterocycles. The lowest BCUT2D eigenvalue weighted by Gasteiger charge is -2.16. The van der Waals surface area contributed by atoms with Gasteiger partial charge < -0.3 is 4.57 Å². The molecule has 57 heavy (non-hydrogen) atoms. The van der Waals surface area contributed by atoms with Crippen molar-refractivity contribution >= 4 is 43.4 Å². The van der Waals surface area contributed by atoms with Crippen molar-refractivity contribution in [3.63, 3.8) is 0 Å². The molecule has 11 aromatic rings. The van der Waals surface area contributed by atoms with E-state index in [0.29, 0.717) is 17.5 Å². The highest BCUT2D eigenvalue weighted by atomic mass is 15.0. The van der Waals surface area contributed by atoms with Crippen LogP contribution in [0.5, 0.6) is 0 Å². The lowest BCUT2D eigenvalue weighted by atomic mass is 9.99. The summed E-state index contributed by atoms with van der Waals surface area (Å²) in [6, 6.07) is 72.9. The van der Waals surface area contributed by atoms with Crippen LogP contribution < -0.4 is 0 Å². The Labute approximate surface area is 330 Å². The monoisotopic (exact) mass is 726 g/mol. The van der Waals surface area contributed by atoms with E-state index < -0.39 is 0 Å². The molecular formula is C53H34N4. The molecule has 9 aromatic carbocycles. The molecule has 0 amide bonds. The van der Waals surface area contributed by atoms with Gasteiger partial charge in [-0.05, 0) is 74.6 Å². The van der Waals surface area contributed by atoms with Crippen molar-refractivity contribution in [2.75, 3.05) is 0 Å². The maximum atomic E-state index is 5.27. The predicted molar refractivity (Wildman–Crippen MR) is 236 cm³/mol. The van der Waals surface area contributed by atoms with Crippen molar-refractivity contribution < 1.29 is 0 Å². The Morgan fingerprint density at radius 3 is 1.35 bits per heavy atom. The van der Waals surface area contributed by atoms with Crippen LogP contribution in [-0.2, 0) is 0 Å². The Kier molecular flexibility index (Phi) is 7.78. The van der Waals surface area contributed by atoms with E-state index >= 15 is 0 Å². The van der Waals surface area contributed by atoms with Gasteiger partial charge in [-0.25, -0.2) is 15.0 Å². The van der Waals surface area contributed by atoms with Crippen LogP contribution in [0.3, 0.4) is 0 Å². The summed E-state index contributed by atoms with van der Waals surface area (Å²) in [5.41, 5.74) is 10.7. The fourth-order valence-electron chi connectivity index (χ4n) is 8.19. The molecule has 0 aliphatic carbocycles. The van der Waals surface area contributed by atoms with Gasteiger partial charge >= 0.3 is 0 Å². The summed E-state index contributed by atoms with van der Waals surface area (Å²) in [5, 5.41) is 7.03. The van der Waals surface area contributed by atoms with Crippen molar-refractivity contribution in [1.29, 1.82) is 0 Å². The quantitative estimate of drug-likeness (QED) is 0.171. The fraction of sp³-hybridized carbons (Fsp3) is 0. The zero-order valence-electron chi connectivity index (χ0n) is 30.9. The van der Waals surface area contributed by atoms with Gasteiger partial charge in [0.1, 0.15) is 0 Å². The smallest absolute Gasteiger partial charge is 0.164 e. The molecule has 0 aliphatic rings. The second kappa shape index (κ2) is 13.6. The number of nitrogens with zero attached hydrogens (tertiary/aromatic N) is 4. The van der Waals surface area contributed by atoms with Gasteiger partial charge in [-0.15, -0.1) is 0 Å². The number of para-hydroxylation sites is 2. The molecule has 4 heteroatoms. The number of rotatable bonds is 6. The second-order valence-electron chi connectivity index (χ2n) is 14.5. The van der Waals surface area contributed by atoms with Gasteiger partial charge in [0, 0.05) is 33.0 Å². The Bertz CT molecular complexity index is 3240. The molecule has 11 rings (SSSR count). The van der Waals surface area contributed by atoms with E-state index in [9.17, 15) is 0 Å². The normalized spacial score (nSPS) is 11.5. The van der Waals surface area contributed by atoms with Gasteiger partial charge in [-0.3, -0.25) is 0 Å². The third kappa shape index (κ3) is 5.83. The van der Waals surface area contributed by atoms with Crippen LogP contribution in [0.2, 0.25) is 0 Å². The summed E-state index contributed by atoms with van der Waals surface area (Å²) in [5.74, 6) is 1.87. The average molecular weight is 727 g/mol. The molecule has 2 aromatic heterocycles. The molecule has 4 nitrogen and oxygen atoms in total. The SMILES string of the molecule is c1ccc(-c2ccc3ccc(-c4nc(-c5ccc(-c6ccccc6)c(-n6c7ccccc7c7ccccc76)c5)nc(-c5ccc6ccccc6c5)n4)cc3c2)cc1. The second-order valence-corrected chi connectivity index (χ2v) is 14.5. The minimum Gasteiger partial charge on any atom is -0.309 e. The summed E-state index contributed by atoms with van der Waals surface area (Å²) < 4.78 is 2.39. The summed E-state index contributed by atoms with van der Waals surface area (Å²) >= 11 is 0. The van der Waals surface area contributed by atoms with Gasteiger partial charge in [0.25, 0.3) is 0 Å². The third-order valence-electron chi connectivity index (χ3n) is 11.0. The van der Waals surface area contributed by atoms with E-state index in [4.69, 9.17) is 15.0 Å². The predicted octanol–water partition coefficient (Wildman–Crippen LogP) is 13.6. The largest absolute Gasteiger partial charge is 0.309 e. The lowest BCUT2D eigenvalue weighted by Crippen LogP contribution is -2.02. The fourth-order valence-corrected chi connectivity index (χ4v) is 8.19. The number of fused-ring (bicyclic) bond motifs is 5. The van der Waals surface area contributed by atoms with Gasteiger partial charge in [0.2, 0.25) is 0 Å². The Morgan fingerprint density at radius 2 is 0.719 bits per heavy atom. The summed E-state index contributed by atoms with van der Waals surface area (Å²) in [4.78, 5) is 15.7. The van der Waals surface area contributed by atoms with E-state index in [1.807, 2.05) is 0 Å². The van der Waals surface area contributed by atoms with Gasteiger partial charge in [-0.1, -0.05) is 170 Å². The van der Waals surface area contributed by atoms with Crippen molar-refractivity contribution in [1.82, 2.24) is 19.5 Å². The van der Waals surface area contributed by atoms with Crippen LogP contribution in [-0.4, -0.2) is 19.5 Å². The molecule has 2 heterocycles. The van der Waals surface area contributed by atoms with E-state index in [0.717, 1.165) is 60.7 Å². The molecule has 266 valence electrons. The molecule has 0 spiro atoms. The first-order valence-electron chi connectivity index (χ1n) is 19.3. The van der Waals surface area contributed by atoms with Crippen LogP contribution >= 0.6 is 0 Å². The summed E-state index contributed by atoms with van der Waals surface area (Å²) in [6.07, 6.45) is 0. The maximum Gasteiger partial charge on any atom is 0.164 e. The van der Waals surface area contributed by atoms with Crippen molar-refractivity contribution in [3.8, 4) is 62.1 Å². The molecule has 0 fully saturated rings. The molecule has 0 bridgehead atoms. The zero-order chi connectivity index (χ0) is 37.7. The van der Waals surface area contributed by atoms with Crippen LogP contribution in [0, 0.1) is 0 Å². The third-order valence-corrected chi connectivity index (χ3v) is 11.0. The van der Waals surface area contributed by atoms with Gasteiger partial charge in [0.15, 0.2) is 17.5 Å². The molecule has 0 saturated heterocycles. The molecule has 0 unspecified atom stereocenters. The molecule has 0 atom stereocenters. The number of hydrogen-bond donors (Lipinski definition) is 0. The molecule has 0 radical (unpaired) electrons. The average Bonchev–Trinajstić information content (AvgIpc) is 3.63. The van der Waals surface area contributed by atoms with E-state index in [2.05, 4.69) is 211 Å². The lowest BCUT2D eigenvalue weighted by molar-refractivity contribution is 1.07. The Morgan fingerprint density at radius 1 is 0.281 bits per heavy atom. The Hall–Kier alpha value is -7.69. The number of hydrogen-bond acceptors (Lipinski definition) is 3. The molecule has 0 saturated carbocycles. The van der Waals surface area contributed by atoms with Gasteiger partial charge in [0.05, 0.1) is 16.7 Å².